The van der Waals surface area contributed by atoms with Gasteiger partial charge in [0.15, 0.2) is 5.11 Å². The van der Waals surface area contributed by atoms with Crippen molar-refractivity contribution in [1.29, 1.82) is 0 Å². The number of sulfonamides is 1. The lowest BCUT2D eigenvalue weighted by Crippen LogP contribution is -2.32. The van der Waals surface area contributed by atoms with Crippen LogP contribution in [-0.4, -0.2) is 35.4 Å². The molecule has 0 spiro atoms. The Morgan fingerprint density at radius 1 is 1.11 bits per heavy atom. The number of hydrogen-bond donors (Lipinski definition) is 3. The summed E-state index contributed by atoms with van der Waals surface area (Å²) in [4.78, 5) is 16.9. The van der Waals surface area contributed by atoms with E-state index in [2.05, 4.69) is 16.8 Å². The molecule has 0 fully saturated rings. The highest BCUT2D eigenvalue weighted by Gasteiger charge is 2.15. The quantitative estimate of drug-likeness (QED) is 0.253. The lowest BCUT2D eigenvalue weighted by Gasteiger charge is -2.13. The van der Waals surface area contributed by atoms with E-state index in [9.17, 15) is 13.2 Å². The summed E-state index contributed by atoms with van der Waals surface area (Å²) in [7, 11) is -3.73. The number of carbonyl (C=O) groups excluding carboxylic acids is 1. The molecule has 0 aliphatic rings. The SMILES string of the molecule is CCCCc1nc2ccc(NC(N)=S)cc2n1Cc1ccc(-c2ccccc2OC(=O)NS(C)(=O)=O)cc1. The number of imidazole rings is 1. The maximum atomic E-state index is 12.0. The molecule has 0 unspecified atom stereocenters. The Morgan fingerprint density at radius 3 is 2.53 bits per heavy atom. The van der Waals surface area contributed by atoms with Gasteiger partial charge in [0.25, 0.3) is 0 Å². The van der Waals surface area contributed by atoms with Crippen LogP contribution in [0.3, 0.4) is 0 Å². The largest absolute Gasteiger partial charge is 0.426 e. The fraction of sp³-hybridized carbons (Fsp3) is 0.222. The maximum absolute atomic E-state index is 12.0. The van der Waals surface area contributed by atoms with Crippen molar-refractivity contribution < 1.29 is 17.9 Å². The number of para-hydroxylation sites is 1. The number of benzene rings is 3. The van der Waals surface area contributed by atoms with Crippen molar-refractivity contribution >= 4 is 50.2 Å². The number of nitrogens with two attached hydrogens (primary N) is 1. The van der Waals surface area contributed by atoms with Gasteiger partial charge in [-0.3, -0.25) is 0 Å². The summed E-state index contributed by atoms with van der Waals surface area (Å²) in [6, 6.07) is 20.7. The van der Waals surface area contributed by atoms with E-state index >= 15 is 0 Å². The van der Waals surface area contributed by atoms with Crippen molar-refractivity contribution in [2.45, 2.75) is 32.7 Å². The van der Waals surface area contributed by atoms with Gasteiger partial charge in [-0.2, -0.15) is 0 Å². The van der Waals surface area contributed by atoms with Gasteiger partial charge in [-0.05, 0) is 54.0 Å². The minimum absolute atomic E-state index is 0.204. The number of aryl methyl sites for hydroxylation is 1. The van der Waals surface area contributed by atoms with Gasteiger partial charge in [0.2, 0.25) is 10.0 Å². The Bertz CT molecular complexity index is 1580. The highest BCUT2D eigenvalue weighted by atomic mass is 32.2. The molecule has 0 saturated heterocycles. The molecular weight excluding hydrogens is 522 g/mol. The molecule has 0 bridgehead atoms. The molecule has 0 aliphatic heterocycles. The first kappa shape index (κ1) is 27.1. The smallest absolute Gasteiger partial charge is 0.409 e. The van der Waals surface area contributed by atoms with E-state index in [-0.39, 0.29) is 10.9 Å². The summed E-state index contributed by atoms with van der Waals surface area (Å²) in [5, 5.41) is 3.20. The second-order valence-electron chi connectivity index (χ2n) is 8.87. The Labute approximate surface area is 227 Å². The number of nitrogens with zero attached hydrogens (tertiary/aromatic N) is 2. The first-order valence-corrected chi connectivity index (χ1v) is 14.4. The number of rotatable bonds is 9. The number of carbonyl (C=O) groups is 1. The highest BCUT2D eigenvalue weighted by Crippen LogP contribution is 2.31. The zero-order valence-electron chi connectivity index (χ0n) is 21.1. The second-order valence-corrected chi connectivity index (χ2v) is 11.1. The third-order valence-electron chi connectivity index (χ3n) is 5.81. The number of ether oxygens (including phenoxy) is 1. The summed E-state index contributed by atoms with van der Waals surface area (Å²) in [6.45, 7) is 2.77. The molecule has 4 rings (SSSR count). The maximum Gasteiger partial charge on any atom is 0.426 e. The molecule has 1 amide bonds. The van der Waals surface area contributed by atoms with Crippen molar-refractivity contribution in [3.8, 4) is 16.9 Å². The monoisotopic (exact) mass is 551 g/mol. The van der Waals surface area contributed by atoms with Gasteiger partial charge in [-0.15, -0.1) is 0 Å². The van der Waals surface area contributed by atoms with Gasteiger partial charge in [-0.25, -0.2) is 22.9 Å². The van der Waals surface area contributed by atoms with Crippen LogP contribution in [0.1, 0.15) is 31.2 Å². The van der Waals surface area contributed by atoms with E-state index in [0.717, 1.165) is 59.2 Å². The number of anilines is 1. The van der Waals surface area contributed by atoms with Crippen molar-refractivity contribution in [2.75, 3.05) is 11.6 Å². The van der Waals surface area contributed by atoms with Crippen molar-refractivity contribution in [3.05, 3.63) is 78.1 Å². The average molecular weight is 552 g/mol. The van der Waals surface area contributed by atoms with Gasteiger partial charge in [-0.1, -0.05) is 55.8 Å². The summed E-state index contributed by atoms with van der Waals surface area (Å²) < 4.78 is 32.0. The average Bonchev–Trinajstić information content (AvgIpc) is 3.18. The summed E-state index contributed by atoms with van der Waals surface area (Å²) in [6.07, 6.45) is 2.79. The van der Waals surface area contributed by atoms with E-state index in [1.165, 1.54) is 0 Å². The number of unbranched alkanes of at least 4 members (excludes halogenated alkanes) is 1. The van der Waals surface area contributed by atoms with Gasteiger partial charge >= 0.3 is 6.09 Å². The van der Waals surface area contributed by atoms with Crippen molar-refractivity contribution in [2.24, 2.45) is 5.73 Å². The van der Waals surface area contributed by atoms with Crippen LogP contribution in [0.2, 0.25) is 0 Å². The minimum Gasteiger partial charge on any atom is -0.409 e. The molecule has 198 valence electrons. The lowest BCUT2D eigenvalue weighted by atomic mass is 10.0. The van der Waals surface area contributed by atoms with Crippen LogP contribution in [-0.2, 0) is 23.0 Å². The molecule has 38 heavy (non-hydrogen) atoms. The molecule has 4 aromatic rings. The van der Waals surface area contributed by atoms with Gasteiger partial charge < -0.3 is 20.4 Å². The zero-order valence-corrected chi connectivity index (χ0v) is 22.7. The number of nitrogens with one attached hydrogen (secondary N) is 2. The fourth-order valence-electron chi connectivity index (χ4n) is 4.13. The number of thiocarbonyl (C=S) groups is 1. The van der Waals surface area contributed by atoms with Crippen LogP contribution in [0.4, 0.5) is 10.5 Å². The first-order chi connectivity index (χ1) is 18.1. The number of fused-ring (bicyclic) bond motifs is 1. The molecule has 1 aromatic heterocycles. The number of amides is 1. The molecule has 0 radical (unpaired) electrons. The normalized spacial score (nSPS) is 11.3. The molecule has 0 aliphatic carbocycles. The molecule has 4 N–H and O–H groups in total. The van der Waals surface area contributed by atoms with Crippen LogP contribution in [0.25, 0.3) is 22.2 Å². The Morgan fingerprint density at radius 2 is 1.84 bits per heavy atom. The minimum atomic E-state index is -3.73. The zero-order chi connectivity index (χ0) is 27.3. The van der Waals surface area contributed by atoms with Crippen LogP contribution in [0.15, 0.2) is 66.7 Å². The molecule has 0 saturated carbocycles. The molecule has 3 aromatic carbocycles. The van der Waals surface area contributed by atoms with Crippen LogP contribution >= 0.6 is 12.2 Å². The number of hydrogen-bond acceptors (Lipinski definition) is 6. The molecule has 1 heterocycles. The second kappa shape index (κ2) is 11.6. The molecule has 11 heteroatoms. The third-order valence-corrected chi connectivity index (χ3v) is 6.45. The van der Waals surface area contributed by atoms with E-state index < -0.39 is 16.1 Å². The van der Waals surface area contributed by atoms with E-state index in [0.29, 0.717) is 12.1 Å². The lowest BCUT2D eigenvalue weighted by molar-refractivity contribution is 0.207. The van der Waals surface area contributed by atoms with Gasteiger partial charge in [0, 0.05) is 24.2 Å². The van der Waals surface area contributed by atoms with Crippen LogP contribution in [0, 0.1) is 0 Å². The molecular formula is C27H29N5O4S2. The van der Waals surface area contributed by atoms with Gasteiger partial charge in [0.1, 0.15) is 11.6 Å². The van der Waals surface area contributed by atoms with E-state index in [1.807, 2.05) is 53.3 Å². The summed E-state index contributed by atoms with van der Waals surface area (Å²) in [5.74, 6) is 1.26. The first-order valence-electron chi connectivity index (χ1n) is 12.1. The van der Waals surface area contributed by atoms with Crippen molar-refractivity contribution in [3.63, 3.8) is 0 Å². The third kappa shape index (κ3) is 6.87. The Balaban J connectivity index is 1.62. The van der Waals surface area contributed by atoms with Crippen molar-refractivity contribution in [1.82, 2.24) is 14.3 Å². The van der Waals surface area contributed by atoms with Gasteiger partial charge in [0.05, 0.1) is 17.3 Å². The standard InChI is InChI=1S/C27H29N5O4S2/c1-3-4-9-25-30-22-15-14-20(29-26(28)37)16-23(22)32(25)17-18-10-12-19(13-11-18)21-7-5-6-8-24(21)36-27(33)31-38(2,34)35/h5-8,10-16H,3-4,9,17H2,1-2H3,(H,31,33)(H3,28,29,37). The molecule has 0 atom stereocenters. The fourth-order valence-corrected chi connectivity index (χ4v) is 4.60. The number of aromatic nitrogens is 2. The summed E-state index contributed by atoms with van der Waals surface area (Å²) in [5.41, 5.74) is 10.9. The highest BCUT2D eigenvalue weighted by molar-refractivity contribution is 7.89. The van der Waals surface area contributed by atoms with E-state index in [4.69, 9.17) is 27.7 Å². The van der Waals surface area contributed by atoms with Crippen LogP contribution in [0.5, 0.6) is 5.75 Å². The Hall–Kier alpha value is -3.96. The predicted octanol–water partition coefficient (Wildman–Crippen LogP) is 4.80. The molecule has 9 nitrogen and oxygen atoms in total. The Kier molecular flexibility index (Phi) is 8.28. The van der Waals surface area contributed by atoms with E-state index in [1.54, 1.807) is 18.2 Å². The topological polar surface area (TPSA) is 128 Å². The summed E-state index contributed by atoms with van der Waals surface area (Å²) >= 11 is 4.99. The predicted molar refractivity (Wildman–Crippen MR) is 154 cm³/mol. The van der Waals surface area contributed by atoms with Crippen LogP contribution < -0.4 is 20.5 Å².